The number of carbonyl (C=O) groups is 1. The number of halogens is 4. The predicted octanol–water partition coefficient (Wildman–Crippen LogP) is 4.46. The molecule has 8 heteroatoms. The highest BCUT2D eigenvalue weighted by Crippen LogP contribution is 2.36. The second-order valence-corrected chi connectivity index (χ2v) is 7.15. The van der Waals surface area contributed by atoms with Gasteiger partial charge in [0, 0.05) is 13.1 Å². The van der Waals surface area contributed by atoms with Gasteiger partial charge in [0.15, 0.2) is 0 Å². The van der Waals surface area contributed by atoms with Gasteiger partial charge in [-0.05, 0) is 45.4 Å². The molecular formula is C16H20ClF3N2O2. The number of hydrogen-bond acceptors (Lipinski definition) is 3. The van der Waals surface area contributed by atoms with Crippen LogP contribution >= 0.6 is 11.6 Å². The molecule has 1 N–H and O–H groups in total. The second kappa shape index (κ2) is 6.70. The quantitative estimate of drug-likeness (QED) is 0.842. The van der Waals surface area contributed by atoms with Crippen molar-refractivity contribution in [1.29, 1.82) is 0 Å². The van der Waals surface area contributed by atoms with Crippen LogP contribution in [0.3, 0.4) is 0 Å². The van der Waals surface area contributed by atoms with Crippen LogP contribution in [0.2, 0.25) is 5.02 Å². The monoisotopic (exact) mass is 364 g/mol. The Morgan fingerprint density at radius 3 is 2.54 bits per heavy atom. The molecule has 24 heavy (non-hydrogen) atoms. The molecule has 1 heterocycles. The minimum atomic E-state index is -4.42. The molecule has 4 nitrogen and oxygen atoms in total. The lowest BCUT2D eigenvalue weighted by Gasteiger charge is -2.23. The lowest BCUT2D eigenvalue weighted by Crippen LogP contribution is -2.40. The Labute approximate surface area is 143 Å². The largest absolute Gasteiger partial charge is 0.444 e. The van der Waals surface area contributed by atoms with E-state index in [2.05, 4.69) is 5.32 Å². The summed E-state index contributed by atoms with van der Waals surface area (Å²) in [5.41, 5.74) is -0.837. The molecule has 1 aliphatic heterocycles. The molecule has 0 aromatic heterocycles. The van der Waals surface area contributed by atoms with Crippen LogP contribution in [0.5, 0.6) is 0 Å². The van der Waals surface area contributed by atoms with Crippen molar-refractivity contribution >= 4 is 23.4 Å². The first-order valence-corrected chi connectivity index (χ1v) is 7.95. The zero-order valence-corrected chi connectivity index (χ0v) is 14.5. The zero-order valence-electron chi connectivity index (χ0n) is 13.7. The van der Waals surface area contributed by atoms with E-state index in [4.69, 9.17) is 16.3 Å². The van der Waals surface area contributed by atoms with Crippen LogP contribution in [0.4, 0.5) is 23.7 Å². The first-order chi connectivity index (χ1) is 11.0. The van der Waals surface area contributed by atoms with E-state index in [1.54, 1.807) is 20.8 Å². The number of ether oxygens (including phenoxy) is 1. The molecule has 0 spiro atoms. The second-order valence-electron chi connectivity index (χ2n) is 6.74. The molecule has 1 saturated heterocycles. The average Bonchev–Trinajstić information content (AvgIpc) is 2.83. The molecule has 0 radical (unpaired) electrons. The molecule has 0 bridgehead atoms. The van der Waals surface area contributed by atoms with Crippen molar-refractivity contribution in [3.63, 3.8) is 0 Å². The van der Waals surface area contributed by atoms with Crippen LogP contribution in [0.1, 0.15) is 32.8 Å². The number of hydrogen-bond donors (Lipinski definition) is 1. The number of alkyl carbamates (subject to hydrolysis) is 1. The van der Waals surface area contributed by atoms with Crippen molar-refractivity contribution in [2.45, 2.75) is 45.0 Å². The fraction of sp³-hybridized carbons (Fsp3) is 0.562. The molecule has 1 fully saturated rings. The SMILES string of the molecule is CC(C)(C)OC(=O)NC1CCN(c2ccc(C(F)(F)F)cc2Cl)C1. The summed E-state index contributed by atoms with van der Waals surface area (Å²) in [5, 5.41) is 2.81. The number of amides is 1. The highest BCUT2D eigenvalue weighted by Gasteiger charge is 2.32. The van der Waals surface area contributed by atoms with Crippen molar-refractivity contribution in [2.24, 2.45) is 0 Å². The standard InChI is InChI=1S/C16H20ClF3N2O2/c1-15(2,3)24-14(23)21-11-6-7-22(9-11)13-5-4-10(8-12(13)17)16(18,19)20/h4-5,8,11H,6-7,9H2,1-3H3,(H,21,23). The molecule has 1 atom stereocenters. The van der Waals surface area contributed by atoms with Gasteiger partial charge < -0.3 is 15.0 Å². The van der Waals surface area contributed by atoms with Crippen LogP contribution in [-0.4, -0.2) is 30.8 Å². The van der Waals surface area contributed by atoms with Gasteiger partial charge in [-0.3, -0.25) is 0 Å². The summed E-state index contributed by atoms with van der Waals surface area (Å²) in [7, 11) is 0. The van der Waals surface area contributed by atoms with Crippen molar-refractivity contribution in [1.82, 2.24) is 5.32 Å². The Kier molecular flexibility index (Phi) is 5.22. The highest BCUT2D eigenvalue weighted by atomic mass is 35.5. The topological polar surface area (TPSA) is 41.6 Å². The van der Waals surface area contributed by atoms with Crippen molar-refractivity contribution < 1.29 is 22.7 Å². The zero-order chi connectivity index (χ0) is 18.1. The van der Waals surface area contributed by atoms with Gasteiger partial charge in [0.05, 0.1) is 22.3 Å². The molecule has 1 aliphatic rings. The summed E-state index contributed by atoms with van der Waals surface area (Å²) in [4.78, 5) is 13.6. The maximum atomic E-state index is 12.7. The Balaban J connectivity index is 2.00. The average molecular weight is 365 g/mol. The Morgan fingerprint density at radius 1 is 1.33 bits per heavy atom. The fourth-order valence-corrected chi connectivity index (χ4v) is 2.81. The lowest BCUT2D eigenvalue weighted by atomic mass is 10.2. The van der Waals surface area contributed by atoms with Gasteiger partial charge in [-0.2, -0.15) is 13.2 Å². The Bertz CT molecular complexity index is 614. The van der Waals surface area contributed by atoms with Gasteiger partial charge in [-0.25, -0.2) is 4.79 Å². The van der Waals surface area contributed by atoms with Gasteiger partial charge in [-0.15, -0.1) is 0 Å². The van der Waals surface area contributed by atoms with E-state index in [9.17, 15) is 18.0 Å². The van der Waals surface area contributed by atoms with E-state index in [1.165, 1.54) is 6.07 Å². The maximum absolute atomic E-state index is 12.7. The van der Waals surface area contributed by atoms with E-state index in [-0.39, 0.29) is 11.1 Å². The van der Waals surface area contributed by atoms with Gasteiger partial charge in [-0.1, -0.05) is 11.6 Å². The predicted molar refractivity (Wildman–Crippen MR) is 86.4 cm³/mol. The number of benzene rings is 1. The molecule has 1 amide bonds. The van der Waals surface area contributed by atoms with E-state index in [0.717, 1.165) is 12.1 Å². The number of nitrogens with zero attached hydrogens (tertiary/aromatic N) is 1. The minimum absolute atomic E-state index is 0.0442. The summed E-state index contributed by atoms with van der Waals surface area (Å²) in [6.07, 6.45) is -4.27. The molecule has 134 valence electrons. The molecule has 1 aromatic rings. The van der Waals surface area contributed by atoms with Crippen molar-refractivity contribution in [3.05, 3.63) is 28.8 Å². The normalized spacial score (nSPS) is 18.6. The van der Waals surface area contributed by atoms with Crippen molar-refractivity contribution in [3.8, 4) is 0 Å². The number of nitrogens with one attached hydrogen (secondary N) is 1. The smallest absolute Gasteiger partial charge is 0.416 e. The first kappa shape index (κ1) is 18.7. The van der Waals surface area contributed by atoms with Crippen LogP contribution in [0.25, 0.3) is 0 Å². The third-order valence-electron chi connectivity index (χ3n) is 3.52. The number of rotatable bonds is 2. The Morgan fingerprint density at radius 2 is 2.00 bits per heavy atom. The van der Waals surface area contributed by atoms with Crippen LogP contribution in [0, 0.1) is 0 Å². The van der Waals surface area contributed by atoms with Crippen molar-refractivity contribution in [2.75, 3.05) is 18.0 Å². The van der Waals surface area contributed by atoms with E-state index in [0.29, 0.717) is 25.2 Å². The van der Waals surface area contributed by atoms with Gasteiger partial charge in [0.2, 0.25) is 0 Å². The third-order valence-corrected chi connectivity index (χ3v) is 3.83. The summed E-state index contributed by atoms with van der Waals surface area (Å²) >= 11 is 6.00. The molecule has 0 aliphatic carbocycles. The van der Waals surface area contributed by atoms with Crippen LogP contribution in [-0.2, 0) is 10.9 Å². The van der Waals surface area contributed by atoms with E-state index in [1.807, 2.05) is 4.90 Å². The van der Waals surface area contributed by atoms with Crippen LogP contribution < -0.4 is 10.2 Å². The van der Waals surface area contributed by atoms with Crippen LogP contribution in [0.15, 0.2) is 18.2 Å². The lowest BCUT2D eigenvalue weighted by molar-refractivity contribution is -0.137. The molecular weight excluding hydrogens is 345 g/mol. The Hall–Kier alpha value is -1.63. The van der Waals surface area contributed by atoms with Gasteiger partial charge in [0.25, 0.3) is 0 Å². The number of alkyl halides is 3. The number of anilines is 1. The molecule has 1 unspecified atom stereocenters. The van der Waals surface area contributed by atoms with Gasteiger partial charge in [0.1, 0.15) is 5.60 Å². The summed E-state index contributed by atoms with van der Waals surface area (Å²) in [5.74, 6) is 0. The van der Waals surface area contributed by atoms with Gasteiger partial charge >= 0.3 is 12.3 Å². The summed E-state index contributed by atoms with van der Waals surface area (Å²) < 4.78 is 43.2. The molecule has 1 aromatic carbocycles. The molecule has 2 rings (SSSR count). The minimum Gasteiger partial charge on any atom is -0.444 e. The highest BCUT2D eigenvalue weighted by molar-refractivity contribution is 6.33. The summed E-state index contributed by atoms with van der Waals surface area (Å²) in [6.45, 7) is 6.37. The van der Waals surface area contributed by atoms with E-state index < -0.39 is 23.4 Å². The first-order valence-electron chi connectivity index (χ1n) is 7.57. The maximum Gasteiger partial charge on any atom is 0.416 e. The fourth-order valence-electron chi connectivity index (χ4n) is 2.51. The van der Waals surface area contributed by atoms with E-state index >= 15 is 0 Å². The number of carbonyl (C=O) groups excluding carboxylic acids is 1. The molecule has 0 saturated carbocycles. The summed E-state index contributed by atoms with van der Waals surface area (Å²) in [6, 6.07) is 3.15. The third kappa shape index (κ3) is 4.93.